The number of aromatic nitrogens is 2. The monoisotopic (exact) mass is 316 g/mol. The van der Waals surface area contributed by atoms with Crippen LogP contribution in [0.3, 0.4) is 0 Å². The molecule has 0 unspecified atom stereocenters. The molecule has 21 heavy (non-hydrogen) atoms. The Morgan fingerprint density at radius 3 is 2.62 bits per heavy atom. The van der Waals surface area contributed by atoms with E-state index in [0.717, 1.165) is 28.6 Å². The topological polar surface area (TPSA) is 54.6 Å². The molecule has 0 saturated heterocycles. The van der Waals surface area contributed by atoms with Gasteiger partial charge in [0.2, 0.25) is 0 Å². The van der Waals surface area contributed by atoms with Crippen LogP contribution in [0.15, 0.2) is 29.4 Å². The predicted octanol–water partition coefficient (Wildman–Crippen LogP) is 3.45. The fraction of sp³-hybridized carbons (Fsp3) is 0.385. The Balaban J connectivity index is 2.05. The van der Waals surface area contributed by atoms with Gasteiger partial charge in [-0.1, -0.05) is 0 Å². The molecule has 1 aliphatic carbocycles. The highest BCUT2D eigenvalue weighted by Crippen LogP contribution is 2.49. The molecule has 0 spiro atoms. The number of aliphatic carboxylic acids is 1. The van der Waals surface area contributed by atoms with Crippen LogP contribution in [-0.2, 0) is 11.0 Å². The lowest BCUT2D eigenvalue weighted by Gasteiger charge is -2.36. The number of rotatable bonds is 3. The fourth-order valence-electron chi connectivity index (χ4n) is 2.37. The van der Waals surface area contributed by atoms with Gasteiger partial charge >= 0.3 is 12.1 Å². The van der Waals surface area contributed by atoms with E-state index in [1.807, 2.05) is 0 Å². The third-order valence-corrected chi connectivity index (χ3v) is 5.17. The number of imidazole rings is 1. The lowest BCUT2D eigenvalue weighted by molar-refractivity contribution is -0.143. The molecule has 0 amide bonds. The number of pyridine rings is 1. The van der Waals surface area contributed by atoms with Crippen molar-refractivity contribution in [2.45, 2.75) is 35.1 Å². The van der Waals surface area contributed by atoms with Gasteiger partial charge in [0, 0.05) is 12.4 Å². The van der Waals surface area contributed by atoms with E-state index in [9.17, 15) is 23.1 Å². The molecule has 2 heterocycles. The Kier molecular flexibility index (Phi) is 3.16. The van der Waals surface area contributed by atoms with Gasteiger partial charge in [-0.05, 0) is 31.4 Å². The van der Waals surface area contributed by atoms with Crippen molar-refractivity contribution in [3.8, 4) is 0 Å². The number of halogens is 3. The van der Waals surface area contributed by atoms with Gasteiger partial charge in [-0.2, -0.15) is 13.2 Å². The summed E-state index contributed by atoms with van der Waals surface area (Å²) >= 11 is 1.09. The number of alkyl halides is 3. The number of hydrogen-bond donors (Lipinski definition) is 1. The van der Waals surface area contributed by atoms with Crippen molar-refractivity contribution in [1.29, 1.82) is 0 Å². The lowest BCUT2D eigenvalue weighted by Crippen LogP contribution is -2.41. The molecule has 1 aliphatic rings. The van der Waals surface area contributed by atoms with Crippen LogP contribution in [0.5, 0.6) is 0 Å². The molecule has 112 valence electrons. The number of nitrogens with zero attached hydrogens (tertiary/aromatic N) is 2. The average molecular weight is 316 g/mol. The van der Waals surface area contributed by atoms with Crippen LogP contribution < -0.4 is 0 Å². The molecular weight excluding hydrogens is 305 g/mol. The molecule has 3 rings (SSSR count). The summed E-state index contributed by atoms with van der Waals surface area (Å²) < 4.78 is 38.8. The first-order chi connectivity index (χ1) is 9.83. The third-order valence-electron chi connectivity index (χ3n) is 3.66. The van der Waals surface area contributed by atoms with Gasteiger partial charge in [0.05, 0.1) is 4.90 Å². The van der Waals surface area contributed by atoms with Crippen molar-refractivity contribution >= 4 is 23.4 Å². The second-order valence-electron chi connectivity index (χ2n) is 4.96. The molecule has 0 aromatic carbocycles. The third kappa shape index (κ3) is 2.27. The summed E-state index contributed by atoms with van der Waals surface area (Å²) in [6, 6.07) is 2.27. The van der Waals surface area contributed by atoms with Crippen LogP contribution in [0, 0.1) is 0 Å². The van der Waals surface area contributed by atoms with Crippen LogP contribution in [0.2, 0.25) is 0 Å². The van der Waals surface area contributed by atoms with Crippen molar-refractivity contribution in [2.24, 2.45) is 0 Å². The van der Waals surface area contributed by atoms with Crippen molar-refractivity contribution in [3.63, 3.8) is 0 Å². The first kappa shape index (κ1) is 14.2. The number of carbonyl (C=O) groups is 1. The molecular formula is C13H11F3N2O2S. The van der Waals surface area contributed by atoms with Crippen molar-refractivity contribution < 1.29 is 23.1 Å². The Bertz CT molecular complexity index is 707. The highest BCUT2D eigenvalue weighted by molar-refractivity contribution is 8.01. The number of carboxylic acid groups (broad SMARTS) is 1. The van der Waals surface area contributed by atoms with E-state index in [-0.39, 0.29) is 5.65 Å². The number of thioether (sulfide) groups is 1. The van der Waals surface area contributed by atoms with E-state index in [4.69, 9.17) is 0 Å². The van der Waals surface area contributed by atoms with Gasteiger partial charge in [-0.15, -0.1) is 11.8 Å². The van der Waals surface area contributed by atoms with Gasteiger partial charge in [0.1, 0.15) is 10.4 Å². The maximum absolute atomic E-state index is 12.9. The number of fused-ring (bicyclic) bond motifs is 1. The minimum Gasteiger partial charge on any atom is -0.480 e. The zero-order chi connectivity index (χ0) is 15.3. The van der Waals surface area contributed by atoms with Gasteiger partial charge < -0.3 is 5.11 Å². The average Bonchev–Trinajstić information content (AvgIpc) is 2.80. The predicted molar refractivity (Wildman–Crippen MR) is 70.3 cm³/mol. The molecule has 1 N–H and O–H groups in total. The maximum Gasteiger partial charge on any atom is 0.431 e. The van der Waals surface area contributed by atoms with E-state index < -0.39 is 22.6 Å². The molecule has 0 atom stereocenters. The molecule has 1 fully saturated rings. The molecule has 0 radical (unpaired) electrons. The summed E-state index contributed by atoms with van der Waals surface area (Å²) in [6.45, 7) is 0. The number of hydrogen-bond acceptors (Lipinski definition) is 3. The molecule has 8 heteroatoms. The summed E-state index contributed by atoms with van der Waals surface area (Å²) in [5.41, 5.74) is -0.681. The van der Waals surface area contributed by atoms with Crippen molar-refractivity contribution in [1.82, 2.24) is 9.38 Å². The largest absolute Gasteiger partial charge is 0.480 e. The van der Waals surface area contributed by atoms with E-state index in [2.05, 4.69) is 4.98 Å². The summed E-state index contributed by atoms with van der Waals surface area (Å²) in [5, 5.41) is 9.32. The van der Waals surface area contributed by atoms with Crippen LogP contribution in [-0.4, -0.2) is 25.2 Å². The van der Waals surface area contributed by atoms with Gasteiger partial charge in [-0.25, -0.2) is 4.98 Å². The Labute approximate surface area is 122 Å². The molecule has 2 aromatic rings. The van der Waals surface area contributed by atoms with E-state index >= 15 is 0 Å². The zero-order valence-electron chi connectivity index (χ0n) is 10.7. The molecule has 4 nitrogen and oxygen atoms in total. The van der Waals surface area contributed by atoms with Gasteiger partial charge in [0.15, 0.2) is 5.65 Å². The standard InChI is InChI=1S/C13H11F3N2O2S/c14-13(15,16)9-3-2-8(10-17-6-7-18(9)10)21-12(11(19)20)4-1-5-12/h2-3,6-7H,1,4-5H2,(H,19,20). The molecule has 0 aliphatic heterocycles. The highest BCUT2D eigenvalue weighted by Gasteiger charge is 2.46. The fourth-order valence-corrected chi connectivity index (χ4v) is 3.75. The molecule has 1 saturated carbocycles. The van der Waals surface area contributed by atoms with Crippen LogP contribution >= 0.6 is 11.8 Å². The Morgan fingerprint density at radius 1 is 1.38 bits per heavy atom. The zero-order valence-corrected chi connectivity index (χ0v) is 11.5. The second kappa shape index (κ2) is 4.66. The summed E-state index contributed by atoms with van der Waals surface area (Å²) in [4.78, 5) is 15.8. The highest BCUT2D eigenvalue weighted by atomic mass is 32.2. The minimum absolute atomic E-state index is 0.141. The first-order valence-electron chi connectivity index (χ1n) is 6.29. The van der Waals surface area contributed by atoms with Crippen molar-refractivity contribution in [3.05, 3.63) is 30.2 Å². The summed E-state index contributed by atoms with van der Waals surface area (Å²) in [7, 11) is 0. The quantitative estimate of drug-likeness (QED) is 0.942. The minimum atomic E-state index is -4.48. The SMILES string of the molecule is O=C(O)C1(Sc2ccc(C(F)(F)F)n3ccnc23)CCC1. The van der Waals surface area contributed by atoms with Crippen LogP contribution in [0.25, 0.3) is 5.65 Å². The number of carboxylic acids is 1. The first-order valence-corrected chi connectivity index (χ1v) is 7.11. The molecule has 0 bridgehead atoms. The second-order valence-corrected chi connectivity index (χ2v) is 6.38. The maximum atomic E-state index is 12.9. The van der Waals surface area contributed by atoms with Crippen LogP contribution in [0.1, 0.15) is 25.0 Å². The van der Waals surface area contributed by atoms with Crippen LogP contribution in [0.4, 0.5) is 13.2 Å². The Hall–Kier alpha value is -1.70. The van der Waals surface area contributed by atoms with E-state index in [1.54, 1.807) is 0 Å². The lowest BCUT2D eigenvalue weighted by atomic mass is 9.84. The normalized spacial score (nSPS) is 17.7. The van der Waals surface area contributed by atoms with E-state index in [1.165, 1.54) is 18.5 Å². The smallest absolute Gasteiger partial charge is 0.431 e. The van der Waals surface area contributed by atoms with Gasteiger partial charge in [0.25, 0.3) is 0 Å². The Morgan fingerprint density at radius 2 is 2.10 bits per heavy atom. The summed E-state index contributed by atoms with van der Waals surface area (Å²) in [6.07, 6.45) is -0.130. The van der Waals surface area contributed by atoms with Crippen molar-refractivity contribution in [2.75, 3.05) is 0 Å². The van der Waals surface area contributed by atoms with Gasteiger partial charge in [-0.3, -0.25) is 9.20 Å². The summed E-state index contributed by atoms with van der Waals surface area (Å²) in [5.74, 6) is -0.927. The molecule has 2 aromatic heterocycles. The van der Waals surface area contributed by atoms with E-state index in [0.29, 0.717) is 17.7 Å².